The van der Waals surface area contributed by atoms with Gasteiger partial charge in [0.2, 0.25) is 0 Å². The van der Waals surface area contributed by atoms with Crippen LogP contribution in [-0.2, 0) is 16.1 Å². The molecule has 1 aromatic carbocycles. The summed E-state index contributed by atoms with van der Waals surface area (Å²) in [4.78, 5) is 15.0. The summed E-state index contributed by atoms with van der Waals surface area (Å²) < 4.78 is 4.83. The van der Waals surface area contributed by atoms with Gasteiger partial charge in [0.1, 0.15) is 6.61 Å². The van der Waals surface area contributed by atoms with Crippen LogP contribution in [-0.4, -0.2) is 11.5 Å². The van der Waals surface area contributed by atoms with Crippen LogP contribution in [0.5, 0.6) is 0 Å². The molecule has 0 unspecified atom stereocenters. The lowest BCUT2D eigenvalue weighted by atomic mass is 10.0. The number of ether oxygens (including phenoxy) is 1. The molecule has 0 radical (unpaired) electrons. The number of hydrogen-bond donors (Lipinski definition) is 0. The molecule has 0 saturated heterocycles. The van der Waals surface area contributed by atoms with Crippen LogP contribution in [0.3, 0.4) is 0 Å². The molecule has 0 atom stereocenters. The summed E-state index contributed by atoms with van der Waals surface area (Å²) >= 11 is 12.4. The molecule has 1 heterocycles. The van der Waals surface area contributed by atoms with Crippen molar-refractivity contribution in [3.63, 3.8) is 0 Å². The van der Waals surface area contributed by atoms with Crippen LogP contribution in [0.2, 0.25) is 10.0 Å². The Labute approximate surface area is 121 Å². The standard InChI is InChI=1S/C14H13Cl2NO2/c1-8(2)14-11(6-19-7-18)13(16)10-5-9(15)3-4-12(10)17-14/h3-5,7-8H,6H2,1-2H3. The average molecular weight is 298 g/mol. The fourth-order valence-electron chi connectivity index (χ4n) is 1.99. The minimum absolute atomic E-state index is 0.116. The minimum Gasteiger partial charge on any atom is -0.463 e. The van der Waals surface area contributed by atoms with Gasteiger partial charge in [0, 0.05) is 16.0 Å². The van der Waals surface area contributed by atoms with E-state index in [1.54, 1.807) is 12.1 Å². The van der Waals surface area contributed by atoms with Crippen LogP contribution >= 0.6 is 23.2 Å². The Bertz CT molecular complexity index is 626. The lowest BCUT2D eigenvalue weighted by molar-refractivity contribution is -0.129. The monoisotopic (exact) mass is 297 g/mol. The maximum absolute atomic E-state index is 10.4. The third kappa shape index (κ3) is 2.82. The summed E-state index contributed by atoms with van der Waals surface area (Å²) in [5.74, 6) is 0.183. The molecule has 0 bridgehead atoms. The molecule has 19 heavy (non-hydrogen) atoms. The van der Waals surface area contributed by atoms with Gasteiger partial charge in [-0.15, -0.1) is 0 Å². The number of hydrogen-bond acceptors (Lipinski definition) is 3. The van der Waals surface area contributed by atoms with E-state index in [1.165, 1.54) is 0 Å². The van der Waals surface area contributed by atoms with E-state index in [1.807, 2.05) is 19.9 Å². The Morgan fingerprint density at radius 1 is 1.37 bits per heavy atom. The number of aromatic nitrogens is 1. The van der Waals surface area contributed by atoms with E-state index in [2.05, 4.69) is 4.98 Å². The van der Waals surface area contributed by atoms with Crippen molar-refractivity contribution < 1.29 is 9.53 Å². The molecule has 0 fully saturated rings. The molecule has 100 valence electrons. The van der Waals surface area contributed by atoms with E-state index in [0.29, 0.717) is 16.5 Å². The van der Waals surface area contributed by atoms with Crippen LogP contribution in [0.25, 0.3) is 10.9 Å². The van der Waals surface area contributed by atoms with Gasteiger partial charge in [-0.05, 0) is 24.1 Å². The number of carbonyl (C=O) groups excluding carboxylic acids is 1. The summed E-state index contributed by atoms with van der Waals surface area (Å²) in [5, 5.41) is 1.90. The molecule has 2 rings (SSSR count). The van der Waals surface area contributed by atoms with Crippen LogP contribution in [0, 0.1) is 0 Å². The van der Waals surface area contributed by atoms with Crippen molar-refractivity contribution in [1.82, 2.24) is 4.98 Å². The maximum atomic E-state index is 10.4. The van der Waals surface area contributed by atoms with Crippen molar-refractivity contribution in [1.29, 1.82) is 0 Å². The van der Waals surface area contributed by atoms with Gasteiger partial charge in [0.25, 0.3) is 6.47 Å². The molecule has 0 aliphatic carbocycles. The molecule has 0 aliphatic heterocycles. The van der Waals surface area contributed by atoms with Gasteiger partial charge < -0.3 is 4.74 Å². The maximum Gasteiger partial charge on any atom is 0.293 e. The first-order valence-corrected chi connectivity index (χ1v) is 6.63. The van der Waals surface area contributed by atoms with Crippen molar-refractivity contribution in [3.05, 3.63) is 39.5 Å². The van der Waals surface area contributed by atoms with E-state index in [-0.39, 0.29) is 12.5 Å². The minimum atomic E-state index is 0.116. The number of pyridine rings is 1. The molecule has 5 heteroatoms. The van der Waals surface area contributed by atoms with Crippen molar-refractivity contribution in [2.75, 3.05) is 0 Å². The summed E-state index contributed by atoms with van der Waals surface area (Å²) in [6, 6.07) is 5.37. The highest BCUT2D eigenvalue weighted by Gasteiger charge is 2.16. The zero-order valence-electron chi connectivity index (χ0n) is 10.6. The molecular formula is C14H13Cl2NO2. The first-order chi connectivity index (χ1) is 9.04. The van der Waals surface area contributed by atoms with Crippen LogP contribution in [0.1, 0.15) is 31.0 Å². The smallest absolute Gasteiger partial charge is 0.293 e. The number of fused-ring (bicyclic) bond motifs is 1. The van der Waals surface area contributed by atoms with Gasteiger partial charge in [0.05, 0.1) is 16.2 Å². The van der Waals surface area contributed by atoms with Gasteiger partial charge in [-0.2, -0.15) is 0 Å². The second-order valence-electron chi connectivity index (χ2n) is 4.51. The van der Waals surface area contributed by atoms with Gasteiger partial charge >= 0.3 is 0 Å². The fraction of sp³-hybridized carbons (Fsp3) is 0.286. The Balaban J connectivity index is 2.70. The molecular weight excluding hydrogens is 285 g/mol. The number of nitrogens with zero attached hydrogens (tertiary/aromatic N) is 1. The molecule has 0 saturated carbocycles. The number of rotatable bonds is 4. The third-order valence-electron chi connectivity index (χ3n) is 2.85. The molecule has 2 aromatic rings. The number of benzene rings is 1. The molecule has 0 aliphatic rings. The fourth-order valence-corrected chi connectivity index (χ4v) is 2.46. The summed E-state index contributed by atoms with van der Waals surface area (Å²) in [6.45, 7) is 4.56. The molecule has 1 aromatic heterocycles. The number of halogens is 2. The van der Waals surface area contributed by atoms with Gasteiger partial charge in [-0.3, -0.25) is 9.78 Å². The zero-order valence-corrected chi connectivity index (χ0v) is 12.1. The lowest BCUT2D eigenvalue weighted by Crippen LogP contribution is -2.04. The Morgan fingerprint density at radius 3 is 2.74 bits per heavy atom. The Morgan fingerprint density at radius 2 is 2.11 bits per heavy atom. The molecule has 0 amide bonds. The molecule has 3 nitrogen and oxygen atoms in total. The Hall–Kier alpha value is -1.32. The van der Waals surface area contributed by atoms with Crippen LogP contribution < -0.4 is 0 Å². The summed E-state index contributed by atoms with van der Waals surface area (Å²) in [7, 11) is 0. The Kier molecular flexibility index (Phi) is 4.27. The van der Waals surface area contributed by atoms with Crippen LogP contribution in [0.15, 0.2) is 18.2 Å². The molecule has 0 N–H and O–H groups in total. The zero-order chi connectivity index (χ0) is 14.0. The molecule has 0 spiro atoms. The van der Waals surface area contributed by atoms with E-state index in [4.69, 9.17) is 27.9 Å². The first kappa shape index (κ1) is 14.1. The van der Waals surface area contributed by atoms with Crippen molar-refractivity contribution in [2.45, 2.75) is 26.4 Å². The van der Waals surface area contributed by atoms with Crippen molar-refractivity contribution in [2.24, 2.45) is 0 Å². The highest BCUT2D eigenvalue weighted by Crippen LogP contribution is 2.33. The summed E-state index contributed by atoms with van der Waals surface area (Å²) in [5.41, 5.74) is 2.35. The van der Waals surface area contributed by atoms with E-state index in [9.17, 15) is 4.79 Å². The predicted octanol–water partition coefficient (Wildman–Crippen LogP) is 4.34. The topological polar surface area (TPSA) is 39.2 Å². The second-order valence-corrected chi connectivity index (χ2v) is 5.33. The SMILES string of the molecule is CC(C)c1nc2ccc(Cl)cc2c(Cl)c1COC=O. The van der Waals surface area contributed by atoms with Crippen molar-refractivity contribution >= 4 is 40.6 Å². The van der Waals surface area contributed by atoms with Gasteiger partial charge in [0.15, 0.2) is 0 Å². The number of carbonyl (C=O) groups is 1. The highest BCUT2D eigenvalue weighted by atomic mass is 35.5. The van der Waals surface area contributed by atoms with Gasteiger partial charge in [-0.25, -0.2) is 0 Å². The quantitative estimate of drug-likeness (QED) is 0.788. The van der Waals surface area contributed by atoms with Crippen LogP contribution in [0.4, 0.5) is 0 Å². The first-order valence-electron chi connectivity index (χ1n) is 5.87. The van der Waals surface area contributed by atoms with E-state index < -0.39 is 0 Å². The highest BCUT2D eigenvalue weighted by molar-refractivity contribution is 6.37. The van der Waals surface area contributed by atoms with Gasteiger partial charge in [-0.1, -0.05) is 37.0 Å². The second kappa shape index (κ2) is 5.76. The average Bonchev–Trinajstić information content (AvgIpc) is 2.38. The summed E-state index contributed by atoms with van der Waals surface area (Å²) in [6.07, 6.45) is 0. The normalized spacial score (nSPS) is 11.0. The third-order valence-corrected chi connectivity index (χ3v) is 3.52. The largest absolute Gasteiger partial charge is 0.463 e. The van der Waals surface area contributed by atoms with E-state index >= 15 is 0 Å². The lowest BCUT2D eigenvalue weighted by Gasteiger charge is -2.15. The van der Waals surface area contributed by atoms with E-state index in [0.717, 1.165) is 22.2 Å². The predicted molar refractivity (Wildman–Crippen MR) is 76.7 cm³/mol. The van der Waals surface area contributed by atoms with Crippen molar-refractivity contribution in [3.8, 4) is 0 Å².